The van der Waals surface area contributed by atoms with Gasteiger partial charge in [-0.05, 0) is 33.8 Å². The van der Waals surface area contributed by atoms with Gasteiger partial charge < -0.3 is 0 Å². The minimum Gasteiger partial charge on any atom is -0.144 e. The Morgan fingerprint density at radius 1 is 0.619 bits per heavy atom. The minimum absolute atomic E-state index is 1.29. The molecule has 0 aliphatic rings. The van der Waals surface area contributed by atoms with E-state index in [9.17, 15) is 0 Å². The predicted octanol–water partition coefficient (Wildman–Crippen LogP) is 6.87. The third-order valence-corrected chi connectivity index (χ3v) is 6.31. The fourth-order valence-electron chi connectivity index (χ4n) is 2.44. The van der Waals surface area contributed by atoms with Gasteiger partial charge in [-0.25, -0.2) is 0 Å². The van der Waals surface area contributed by atoms with Crippen LogP contribution in [0.5, 0.6) is 0 Å². The first kappa shape index (κ1) is 13.0. The molecular weight excluding hydrogens is 312 g/mol. The Balaban J connectivity index is 1.97. The topological polar surface area (TPSA) is 0 Å². The maximum absolute atomic E-state index is 2.29. The van der Waals surface area contributed by atoms with Crippen LogP contribution in [-0.4, -0.2) is 0 Å². The lowest BCUT2D eigenvalue weighted by molar-refractivity contribution is 1.67. The second-order valence-corrected chi connectivity index (χ2v) is 7.45. The van der Waals surface area contributed by atoms with Crippen LogP contribution in [0.2, 0.25) is 0 Å². The number of hydrogen-bond donors (Lipinski definition) is 0. The number of rotatable bonds is 3. The van der Waals surface area contributed by atoms with E-state index in [1.54, 1.807) is 0 Å². The molecule has 0 bridgehead atoms. The van der Waals surface area contributed by atoms with Gasteiger partial charge in [-0.2, -0.15) is 0 Å². The zero-order valence-corrected chi connectivity index (χ0v) is 13.6. The summed E-state index contributed by atoms with van der Waals surface area (Å²) < 4.78 is 0. The van der Waals surface area contributed by atoms with Gasteiger partial charge in [0.15, 0.2) is 0 Å². The normalized spacial score (nSPS) is 10.9. The summed E-state index contributed by atoms with van der Waals surface area (Å²) in [4.78, 5) is 4.08. The zero-order chi connectivity index (χ0) is 14.1. The number of thiophene rings is 3. The van der Waals surface area contributed by atoms with Crippen LogP contribution in [0.25, 0.3) is 31.3 Å². The van der Waals surface area contributed by atoms with Crippen molar-refractivity contribution in [2.45, 2.75) is 0 Å². The highest BCUT2D eigenvalue weighted by Crippen LogP contribution is 2.47. The highest BCUT2D eigenvalue weighted by Gasteiger charge is 2.17. The summed E-state index contributed by atoms with van der Waals surface area (Å²) in [7, 11) is 0. The molecule has 3 heterocycles. The molecule has 0 fully saturated rings. The molecule has 4 rings (SSSR count). The fourth-order valence-corrected chi connectivity index (χ4v) is 5.27. The molecule has 0 spiro atoms. The van der Waals surface area contributed by atoms with Crippen LogP contribution >= 0.6 is 34.0 Å². The van der Waals surface area contributed by atoms with Crippen molar-refractivity contribution in [1.29, 1.82) is 0 Å². The Morgan fingerprint density at radius 2 is 1.33 bits per heavy atom. The van der Waals surface area contributed by atoms with E-state index in [-0.39, 0.29) is 0 Å². The maximum atomic E-state index is 2.29. The van der Waals surface area contributed by atoms with Crippen LogP contribution in [0.4, 0.5) is 0 Å². The SMILES string of the molecule is c1ccc(-c2csc(-c3cccs3)c2-c2cccs2)cc1. The molecule has 1 aromatic carbocycles. The molecule has 0 saturated carbocycles. The van der Waals surface area contributed by atoms with Gasteiger partial charge in [0.1, 0.15) is 0 Å². The molecule has 21 heavy (non-hydrogen) atoms. The second-order valence-electron chi connectivity index (χ2n) is 4.67. The fraction of sp³-hybridized carbons (Fsp3) is 0. The highest BCUT2D eigenvalue weighted by molar-refractivity contribution is 7.21. The molecule has 4 aromatic rings. The van der Waals surface area contributed by atoms with E-state index in [0.29, 0.717) is 0 Å². The molecule has 0 atom stereocenters. The van der Waals surface area contributed by atoms with Crippen molar-refractivity contribution in [3.63, 3.8) is 0 Å². The number of benzene rings is 1. The molecule has 3 heteroatoms. The smallest absolute Gasteiger partial charge is 0.0535 e. The molecule has 0 unspecified atom stereocenters. The van der Waals surface area contributed by atoms with Crippen molar-refractivity contribution in [2.24, 2.45) is 0 Å². The second kappa shape index (κ2) is 5.60. The van der Waals surface area contributed by atoms with Crippen molar-refractivity contribution in [3.8, 4) is 31.3 Å². The summed E-state index contributed by atoms with van der Waals surface area (Å²) in [5.41, 5.74) is 4.01. The quantitative estimate of drug-likeness (QED) is 0.385. The van der Waals surface area contributed by atoms with Crippen LogP contribution in [0, 0.1) is 0 Å². The van der Waals surface area contributed by atoms with E-state index < -0.39 is 0 Å². The monoisotopic (exact) mass is 324 g/mol. The summed E-state index contributed by atoms with van der Waals surface area (Å²) in [6.07, 6.45) is 0. The molecule has 0 aliphatic carbocycles. The van der Waals surface area contributed by atoms with Gasteiger partial charge in [-0.15, -0.1) is 34.0 Å². The van der Waals surface area contributed by atoms with Gasteiger partial charge in [0.05, 0.1) is 4.88 Å². The molecule has 0 N–H and O–H groups in total. The third kappa shape index (κ3) is 2.38. The molecule has 0 radical (unpaired) electrons. The van der Waals surface area contributed by atoms with Crippen LogP contribution in [0.15, 0.2) is 70.7 Å². The minimum atomic E-state index is 1.29. The van der Waals surface area contributed by atoms with E-state index in [4.69, 9.17) is 0 Å². The summed E-state index contributed by atoms with van der Waals surface area (Å²) in [6.45, 7) is 0. The molecule has 3 aromatic heterocycles. The lowest BCUT2D eigenvalue weighted by Crippen LogP contribution is -1.79. The zero-order valence-electron chi connectivity index (χ0n) is 11.2. The van der Waals surface area contributed by atoms with Crippen molar-refractivity contribution in [3.05, 3.63) is 70.7 Å². The maximum Gasteiger partial charge on any atom is 0.0535 e. The third-order valence-electron chi connectivity index (χ3n) is 3.39. The van der Waals surface area contributed by atoms with Gasteiger partial charge in [0.25, 0.3) is 0 Å². The van der Waals surface area contributed by atoms with Gasteiger partial charge in [-0.3, -0.25) is 0 Å². The molecule has 0 aliphatic heterocycles. The van der Waals surface area contributed by atoms with E-state index in [1.807, 2.05) is 34.0 Å². The summed E-state index contributed by atoms with van der Waals surface area (Å²) in [6, 6.07) is 19.4. The lowest BCUT2D eigenvalue weighted by Gasteiger charge is -2.05. The Kier molecular flexibility index (Phi) is 3.47. The van der Waals surface area contributed by atoms with Crippen molar-refractivity contribution < 1.29 is 0 Å². The first-order valence-electron chi connectivity index (χ1n) is 6.68. The lowest BCUT2D eigenvalue weighted by atomic mass is 10.0. The van der Waals surface area contributed by atoms with Crippen LogP contribution in [0.3, 0.4) is 0 Å². The van der Waals surface area contributed by atoms with E-state index in [1.165, 1.54) is 31.3 Å². The van der Waals surface area contributed by atoms with Crippen molar-refractivity contribution in [2.75, 3.05) is 0 Å². The Labute approximate surface area is 136 Å². The summed E-state index contributed by atoms with van der Waals surface area (Å²) in [5.74, 6) is 0. The van der Waals surface area contributed by atoms with Crippen molar-refractivity contribution in [1.82, 2.24) is 0 Å². The first-order valence-corrected chi connectivity index (χ1v) is 9.32. The summed E-state index contributed by atoms with van der Waals surface area (Å²) >= 11 is 5.47. The Morgan fingerprint density at radius 3 is 2.00 bits per heavy atom. The molecular formula is C18H12S3. The average Bonchev–Trinajstić information content (AvgIpc) is 3.27. The molecule has 102 valence electrons. The molecule has 0 nitrogen and oxygen atoms in total. The van der Waals surface area contributed by atoms with Crippen LogP contribution in [-0.2, 0) is 0 Å². The average molecular weight is 324 g/mol. The number of hydrogen-bond acceptors (Lipinski definition) is 3. The largest absolute Gasteiger partial charge is 0.144 e. The standard InChI is InChI=1S/C18H12S3/c1-2-6-13(7-3-1)14-12-21-18(16-9-5-11-20-16)17(14)15-8-4-10-19-15/h1-12H. The van der Waals surface area contributed by atoms with Gasteiger partial charge in [0.2, 0.25) is 0 Å². The van der Waals surface area contributed by atoms with Gasteiger partial charge in [-0.1, -0.05) is 42.5 Å². The predicted molar refractivity (Wildman–Crippen MR) is 96.4 cm³/mol. The highest BCUT2D eigenvalue weighted by atomic mass is 32.1. The molecule has 0 saturated heterocycles. The van der Waals surface area contributed by atoms with E-state index >= 15 is 0 Å². The Bertz CT molecular complexity index is 822. The Hall–Kier alpha value is -1.68. The van der Waals surface area contributed by atoms with Gasteiger partial charge in [0, 0.05) is 20.9 Å². The summed E-state index contributed by atoms with van der Waals surface area (Å²) in [5, 5.41) is 6.59. The first-order chi connectivity index (χ1) is 10.4. The van der Waals surface area contributed by atoms with E-state index in [2.05, 4.69) is 70.7 Å². The van der Waals surface area contributed by atoms with Crippen LogP contribution in [0.1, 0.15) is 0 Å². The van der Waals surface area contributed by atoms with E-state index in [0.717, 1.165) is 0 Å². The van der Waals surface area contributed by atoms with Crippen LogP contribution < -0.4 is 0 Å². The van der Waals surface area contributed by atoms with Crippen molar-refractivity contribution >= 4 is 34.0 Å². The molecule has 0 amide bonds. The van der Waals surface area contributed by atoms with Gasteiger partial charge >= 0.3 is 0 Å².